The highest BCUT2D eigenvalue weighted by Crippen LogP contribution is 2.39. The molecule has 1 aromatic heterocycles. The molecule has 2 saturated heterocycles. The number of benzene rings is 2. The minimum absolute atomic E-state index is 0.0387. The minimum atomic E-state index is -1.06. The van der Waals surface area contributed by atoms with Crippen molar-refractivity contribution in [3.8, 4) is 0 Å². The van der Waals surface area contributed by atoms with Gasteiger partial charge in [0.2, 0.25) is 5.91 Å². The predicted octanol–water partition coefficient (Wildman–Crippen LogP) is 3.55. The molecule has 0 aliphatic carbocycles. The summed E-state index contributed by atoms with van der Waals surface area (Å²) in [5.74, 6) is -1.09. The van der Waals surface area contributed by atoms with Crippen molar-refractivity contribution < 1.29 is 27.9 Å². The third kappa shape index (κ3) is 4.86. The van der Waals surface area contributed by atoms with E-state index in [9.17, 15) is 18.8 Å². The van der Waals surface area contributed by atoms with Crippen molar-refractivity contribution in [3.63, 3.8) is 0 Å². The number of hydrogen-bond acceptors (Lipinski definition) is 5. The Morgan fingerprint density at radius 3 is 2.32 bits per heavy atom. The first-order valence-electron chi connectivity index (χ1n) is 12.2. The van der Waals surface area contributed by atoms with Crippen molar-refractivity contribution in [1.82, 2.24) is 14.7 Å². The SMILES string of the molecule is CN(Cc1ccccc1)C(=O)C1COC2(CCN(C(=O)c3ccco3)CC2)N1C(=O)c1ccc(F)cc1. The van der Waals surface area contributed by atoms with Crippen LogP contribution in [0.5, 0.6) is 0 Å². The van der Waals surface area contributed by atoms with Crippen LogP contribution < -0.4 is 0 Å². The van der Waals surface area contributed by atoms with Crippen LogP contribution in [0.25, 0.3) is 0 Å². The van der Waals surface area contributed by atoms with E-state index in [1.165, 1.54) is 35.4 Å². The van der Waals surface area contributed by atoms with Gasteiger partial charge in [0.05, 0.1) is 12.9 Å². The lowest BCUT2D eigenvalue weighted by Gasteiger charge is -2.44. The number of furan rings is 1. The van der Waals surface area contributed by atoms with E-state index in [-0.39, 0.29) is 29.7 Å². The first-order chi connectivity index (χ1) is 17.9. The molecule has 0 radical (unpaired) electrons. The van der Waals surface area contributed by atoms with E-state index < -0.39 is 23.5 Å². The summed E-state index contributed by atoms with van der Waals surface area (Å²) in [4.78, 5) is 44.9. The van der Waals surface area contributed by atoms with Crippen molar-refractivity contribution in [3.05, 3.63) is 95.7 Å². The molecule has 8 nitrogen and oxygen atoms in total. The van der Waals surface area contributed by atoms with Crippen LogP contribution >= 0.6 is 0 Å². The van der Waals surface area contributed by atoms with E-state index in [1.54, 1.807) is 29.0 Å². The molecule has 3 aromatic rings. The van der Waals surface area contributed by atoms with Crippen LogP contribution in [0.4, 0.5) is 4.39 Å². The zero-order valence-corrected chi connectivity index (χ0v) is 20.5. The number of likely N-dealkylation sites (N-methyl/N-ethyl adjacent to an activating group) is 1. The molecule has 1 spiro atoms. The lowest BCUT2D eigenvalue weighted by Crippen LogP contribution is -2.59. The number of rotatable bonds is 5. The molecule has 5 rings (SSSR count). The molecule has 0 saturated carbocycles. The third-order valence-electron chi connectivity index (χ3n) is 7.06. The summed E-state index contributed by atoms with van der Waals surface area (Å²) in [5.41, 5.74) is 0.177. The topological polar surface area (TPSA) is 83.3 Å². The second-order valence-electron chi connectivity index (χ2n) is 9.40. The highest BCUT2D eigenvalue weighted by atomic mass is 19.1. The van der Waals surface area contributed by atoms with E-state index in [0.29, 0.717) is 32.5 Å². The summed E-state index contributed by atoms with van der Waals surface area (Å²) in [6.07, 6.45) is 2.11. The van der Waals surface area contributed by atoms with Crippen molar-refractivity contribution >= 4 is 17.7 Å². The normalized spacial score (nSPS) is 18.7. The Morgan fingerprint density at radius 1 is 0.973 bits per heavy atom. The molecule has 37 heavy (non-hydrogen) atoms. The number of ether oxygens (including phenoxy) is 1. The molecule has 2 aliphatic rings. The second kappa shape index (κ2) is 10.2. The number of hydrogen-bond donors (Lipinski definition) is 0. The van der Waals surface area contributed by atoms with Crippen LogP contribution in [-0.4, -0.2) is 70.9 Å². The van der Waals surface area contributed by atoms with Gasteiger partial charge in [0.1, 0.15) is 17.6 Å². The highest BCUT2D eigenvalue weighted by Gasteiger charge is 2.54. The lowest BCUT2D eigenvalue weighted by molar-refractivity contribution is -0.137. The summed E-state index contributed by atoms with van der Waals surface area (Å²) in [6.45, 7) is 1.07. The Morgan fingerprint density at radius 2 is 1.68 bits per heavy atom. The summed E-state index contributed by atoms with van der Waals surface area (Å²) < 4.78 is 25.1. The maximum absolute atomic E-state index is 13.8. The van der Waals surface area contributed by atoms with E-state index in [4.69, 9.17) is 9.15 Å². The van der Waals surface area contributed by atoms with Gasteiger partial charge >= 0.3 is 0 Å². The second-order valence-corrected chi connectivity index (χ2v) is 9.40. The van der Waals surface area contributed by atoms with Crippen LogP contribution in [0.3, 0.4) is 0 Å². The van der Waals surface area contributed by atoms with Crippen molar-refractivity contribution in [2.45, 2.75) is 31.2 Å². The van der Waals surface area contributed by atoms with Crippen molar-refractivity contribution in [2.24, 2.45) is 0 Å². The van der Waals surface area contributed by atoms with E-state index in [1.807, 2.05) is 30.3 Å². The Hall–Kier alpha value is -3.98. The average Bonchev–Trinajstić information content (AvgIpc) is 3.58. The van der Waals surface area contributed by atoms with Gasteiger partial charge in [-0.1, -0.05) is 30.3 Å². The zero-order valence-electron chi connectivity index (χ0n) is 20.5. The number of nitrogens with zero attached hydrogens (tertiary/aromatic N) is 3. The van der Waals surface area contributed by atoms with Gasteiger partial charge in [-0.3, -0.25) is 19.3 Å². The molecule has 2 aromatic carbocycles. The molecule has 192 valence electrons. The van der Waals surface area contributed by atoms with Gasteiger partial charge in [-0.25, -0.2) is 4.39 Å². The van der Waals surface area contributed by atoms with Gasteiger partial charge in [-0.05, 0) is 42.0 Å². The maximum Gasteiger partial charge on any atom is 0.289 e. The highest BCUT2D eigenvalue weighted by molar-refractivity contribution is 5.98. The maximum atomic E-state index is 13.8. The molecule has 1 unspecified atom stereocenters. The summed E-state index contributed by atoms with van der Waals surface area (Å²) in [5, 5.41) is 0. The molecule has 1 atom stereocenters. The fourth-order valence-electron chi connectivity index (χ4n) is 5.09. The summed E-state index contributed by atoms with van der Waals surface area (Å²) in [7, 11) is 1.70. The molecular weight excluding hydrogens is 477 g/mol. The van der Waals surface area contributed by atoms with Crippen LogP contribution in [0.15, 0.2) is 77.4 Å². The monoisotopic (exact) mass is 505 g/mol. The van der Waals surface area contributed by atoms with Crippen LogP contribution in [-0.2, 0) is 16.1 Å². The molecular formula is C28H28FN3O5. The van der Waals surface area contributed by atoms with Gasteiger partial charge < -0.3 is 19.0 Å². The van der Waals surface area contributed by atoms with E-state index in [2.05, 4.69) is 0 Å². The number of amides is 3. The number of carbonyl (C=O) groups excluding carboxylic acids is 3. The minimum Gasteiger partial charge on any atom is -0.459 e. The molecule has 2 aliphatic heterocycles. The van der Waals surface area contributed by atoms with Gasteiger partial charge in [0.25, 0.3) is 11.8 Å². The smallest absolute Gasteiger partial charge is 0.289 e. The van der Waals surface area contributed by atoms with E-state index >= 15 is 0 Å². The number of piperidine rings is 1. The van der Waals surface area contributed by atoms with Crippen molar-refractivity contribution in [2.75, 3.05) is 26.7 Å². The quantitative estimate of drug-likeness (QED) is 0.530. The molecule has 9 heteroatoms. The Balaban J connectivity index is 1.39. The Kier molecular flexibility index (Phi) is 6.80. The Labute approximate surface area is 214 Å². The van der Waals surface area contributed by atoms with Crippen LogP contribution in [0.2, 0.25) is 0 Å². The molecule has 0 bridgehead atoms. The summed E-state index contributed by atoms with van der Waals surface area (Å²) in [6, 6.07) is 17.3. The predicted molar refractivity (Wildman–Crippen MR) is 132 cm³/mol. The Bertz CT molecular complexity index is 1250. The van der Waals surface area contributed by atoms with Crippen molar-refractivity contribution in [1.29, 1.82) is 0 Å². The largest absolute Gasteiger partial charge is 0.459 e. The number of likely N-dealkylation sites (tertiary alicyclic amines) is 1. The summed E-state index contributed by atoms with van der Waals surface area (Å²) >= 11 is 0. The first-order valence-corrected chi connectivity index (χ1v) is 12.2. The van der Waals surface area contributed by atoms with E-state index in [0.717, 1.165) is 5.56 Å². The number of carbonyl (C=O) groups is 3. The zero-order chi connectivity index (χ0) is 26.0. The number of halogens is 1. The third-order valence-corrected chi connectivity index (χ3v) is 7.06. The van der Waals surface area contributed by atoms with Gasteiger partial charge in [0, 0.05) is 45.1 Å². The fraction of sp³-hybridized carbons (Fsp3) is 0.321. The lowest BCUT2D eigenvalue weighted by atomic mass is 9.96. The van der Waals surface area contributed by atoms with Crippen LogP contribution in [0.1, 0.15) is 39.3 Å². The molecule has 3 heterocycles. The molecule has 2 fully saturated rings. The van der Waals surface area contributed by atoms with Crippen LogP contribution in [0, 0.1) is 5.82 Å². The van der Waals surface area contributed by atoms with Gasteiger partial charge in [0.15, 0.2) is 5.76 Å². The first kappa shape index (κ1) is 24.7. The fourth-order valence-corrected chi connectivity index (χ4v) is 5.09. The van der Waals surface area contributed by atoms with Gasteiger partial charge in [-0.2, -0.15) is 0 Å². The molecule has 0 N–H and O–H groups in total. The standard InChI is InChI=1S/C28H28FN3O5/c1-30(18-20-6-3-2-4-7-20)26(34)23-19-37-28(32(23)25(33)21-9-11-22(29)12-10-21)13-15-31(16-14-28)27(35)24-8-5-17-36-24/h2-12,17,23H,13-16,18-19H2,1H3. The van der Waals surface area contributed by atoms with Gasteiger partial charge in [-0.15, -0.1) is 0 Å². The molecule has 3 amide bonds. The average molecular weight is 506 g/mol.